The maximum atomic E-state index is 14.6. The highest BCUT2D eigenvalue weighted by molar-refractivity contribution is 7.99. The number of benzene rings is 1. The summed E-state index contributed by atoms with van der Waals surface area (Å²) in [6.07, 6.45) is 0.433. The zero-order chi connectivity index (χ0) is 21.7. The lowest BCUT2D eigenvalue weighted by Gasteiger charge is -2.33. The first-order valence-electron chi connectivity index (χ1n) is 10.5. The summed E-state index contributed by atoms with van der Waals surface area (Å²) in [6, 6.07) is 3.11. The lowest BCUT2D eigenvalue weighted by Crippen LogP contribution is -2.40. The fraction of sp³-hybridized carbons (Fsp3) is 0.391. The van der Waals surface area contributed by atoms with Crippen LogP contribution in [0.15, 0.2) is 21.8 Å². The number of hydrogen-bond acceptors (Lipinski definition) is 6. The van der Waals surface area contributed by atoms with E-state index >= 15 is 0 Å². The van der Waals surface area contributed by atoms with Crippen molar-refractivity contribution in [2.45, 2.75) is 50.0 Å². The molecule has 6 rings (SSSR count). The fourth-order valence-electron chi connectivity index (χ4n) is 5.19. The van der Waals surface area contributed by atoms with Crippen LogP contribution in [0, 0.1) is 12.7 Å². The minimum atomic E-state index is -1.21. The molecule has 0 aliphatic carbocycles. The summed E-state index contributed by atoms with van der Waals surface area (Å²) in [7, 11) is 0. The lowest BCUT2D eigenvalue weighted by molar-refractivity contribution is -0.0757. The van der Waals surface area contributed by atoms with Gasteiger partial charge in [0.2, 0.25) is 0 Å². The van der Waals surface area contributed by atoms with E-state index in [9.17, 15) is 14.3 Å². The summed E-state index contributed by atoms with van der Waals surface area (Å²) >= 11 is 1.56. The van der Waals surface area contributed by atoms with Gasteiger partial charge in [-0.3, -0.25) is 4.79 Å². The molecule has 0 saturated heterocycles. The number of ether oxygens (including phenoxy) is 1. The number of thioether (sulfide) groups is 1. The van der Waals surface area contributed by atoms with Crippen molar-refractivity contribution < 1.29 is 14.2 Å². The van der Waals surface area contributed by atoms with Crippen molar-refractivity contribution in [2.24, 2.45) is 5.73 Å². The van der Waals surface area contributed by atoms with Crippen molar-refractivity contribution in [1.29, 1.82) is 0 Å². The van der Waals surface area contributed by atoms with E-state index in [0.29, 0.717) is 52.3 Å². The number of aliphatic hydroxyl groups is 1. The molecule has 2 aromatic heterocycles. The minimum Gasteiger partial charge on any atom is -0.383 e. The predicted molar refractivity (Wildman–Crippen MR) is 117 cm³/mol. The van der Waals surface area contributed by atoms with Gasteiger partial charge in [0.1, 0.15) is 11.4 Å². The summed E-state index contributed by atoms with van der Waals surface area (Å²) in [4.78, 5) is 19.1. The van der Waals surface area contributed by atoms with Crippen molar-refractivity contribution in [2.75, 3.05) is 12.4 Å². The molecule has 3 aromatic rings. The first kappa shape index (κ1) is 19.4. The highest BCUT2D eigenvalue weighted by atomic mass is 32.2. The van der Waals surface area contributed by atoms with E-state index in [1.54, 1.807) is 23.3 Å². The van der Waals surface area contributed by atoms with Crippen molar-refractivity contribution in [3.8, 4) is 11.4 Å². The molecule has 5 heterocycles. The minimum absolute atomic E-state index is 0.151. The molecule has 3 aliphatic heterocycles. The van der Waals surface area contributed by atoms with Crippen LogP contribution in [0.4, 0.5) is 4.39 Å². The van der Waals surface area contributed by atoms with Gasteiger partial charge >= 0.3 is 0 Å². The third-order valence-corrected chi connectivity index (χ3v) is 8.29. The number of pyridine rings is 2. The first-order chi connectivity index (χ1) is 14.8. The smallest absolute Gasteiger partial charge is 0.257 e. The topological polar surface area (TPSA) is 90.4 Å². The first-order valence-corrected chi connectivity index (χ1v) is 11.4. The average molecular weight is 440 g/mol. The number of halogens is 1. The van der Waals surface area contributed by atoms with E-state index < -0.39 is 5.60 Å². The molecule has 0 radical (unpaired) electrons. The standard InChI is InChI=1S/C23H22FN3O3S/c1-3-23(29)9-30-7-12-13(23)4-17-20-11(6-27(17)22(12)28)18-15(25)8-31-21-10(2)14(24)5-16(26-20)19(18)21/h4-5,15,29H,3,6-9,25H2,1-2H3/t15?,23-/m1/s1. The Morgan fingerprint density at radius 1 is 1.42 bits per heavy atom. The molecule has 3 aliphatic rings. The molecule has 1 unspecified atom stereocenters. The molecule has 2 atom stereocenters. The van der Waals surface area contributed by atoms with Crippen LogP contribution in [0.5, 0.6) is 0 Å². The summed E-state index contributed by atoms with van der Waals surface area (Å²) in [5.74, 6) is 0.357. The zero-order valence-electron chi connectivity index (χ0n) is 17.3. The van der Waals surface area contributed by atoms with Crippen molar-refractivity contribution in [3.05, 3.63) is 56.1 Å². The second-order valence-corrected chi connectivity index (χ2v) is 9.70. The Morgan fingerprint density at radius 2 is 2.23 bits per heavy atom. The summed E-state index contributed by atoms with van der Waals surface area (Å²) in [5, 5.41) is 12.0. The Kier molecular flexibility index (Phi) is 4.00. The number of nitrogens with zero attached hydrogens (tertiary/aromatic N) is 2. The summed E-state index contributed by atoms with van der Waals surface area (Å²) < 4.78 is 21.9. The number of aromatic nitrogens is 2. The van der Waals surface area contributed by atoms with E-state index in [-0.39, 0.29) is 30.6 Å². The fourth-order valence-corrected chi connectivity index (χ4v) is 6.38. The number of rotatable bonds is 1. The Morgan fingerprint density at radius 3 is 3.00 bits per heavy atom. The predicted octanol–water partition coefficient (Wildman–Crippen LogP) is 3.11. The van der Waals surface area contributed by atoms with Crippen LogP contribution in [0.3, 0.4) is 0 Å². The van der Waals surface area contributed by atoms with Crippen LogP contribution in [-0.2, 0) is 23.5 Å². The summed E-state index contributed by atoms with van der Waals surface area (Å²) in [5.41, 5.74) is 10.6. The maximum Gasteiger partial charge on any atom is 0.257 e. The van der Waals surface area contributed by atoms with E-state index in [1.807, 2.05) is 13.0 Å². The van der Waals surface area contributed by atoms with Crippen LogP contribution in [0.2, 0.25) is 0 Å². The van der Waals surface area contributed by atoms with Gasteiger partial charge in [0.25, 0.3) is 5.56 Å². The second kappa shape index (κ2) is 6.38. The largest absolute Gasteiger partial charge is 0.383 e. The van der Waals surface area contributed by atoms with E-state index in [0.717, 1.165) is 21.4 Å². The van der Waals surface area contributed by atoms with Gasteiger partial charge in [0, 0.05) is 39.3 Å². The van der Waals surface area contributed by atoms with Gasteiger partial charge < -0.3 is 20.1 Å². The third-order valence-electron chi connectivity index (χ3n) is 6.97. The van der Waals surface area contributed by atoms with Gasteiger partial charge in [-0.2, -0.15) is 0 Å². The molecule has 0 fully saturated rings. The van der Waals surface area contributed by atoms with Crippen LogP contribution < -0.4 is 11.3 Å². The Bertz CT molecular complexity index is 1370. The second-order valence-electron chi connectivity index (χ2n) is 8.67. The number of nitrogens with two attached hydrogens (primary N) is 1. The monoisotopic (exact) mass is 439 g/mol. The van der Waals surface area contributed by atoms with Gasteiger partial charge in [-0.15, -0.1) is 11.8 Å². The van der Waals surface area contributed by atoms with Crippen molar-refractivity contribution in [1.82, 2.24) is 9.55 Å². The molecular formula is C23H22FN3O3S. The molecule has 31 heavy (non-hydrogen) atoms. The number of hydrogen-bond donors (Lipinski definition) is 2. The maximum absolute atomic E-state index is 14.6. The van der Waals surface area contributed by atoms with Gasteiger partial charge in [0.05, 0.1) is 36.7 Å². The van der Waals surface area contributed by atoms with Gasteiger partial charge in [-0.05, 0) is 36.1 Å². The highest BCUT2D eigenvalue weighted by Crippen LogP contribution is 2.47. The quantitative estimate of drug-likeness (QED) is 0.474. The molecule has 160 valence electrons. The van der Waals surface area contributed by atoms with Crippen molar-refractivity contribution in [3.63, 3.8) is 0 Å². The lowest BCUT2D eigenvalue weighted by atomic mass is 9.86. The third kappa shape index (κ3) is 2.44. The van der Waals surface area contributed by atoms with Crippen LogP contribution in [0.1, 0.15) is 47.2 Å². The molecule has 6 nitrogen and oxygen atoms in total. The molecule has 1 aromatic carbocycles. The molecule has 0 spiro atoms. The van der Waals surface area contributed by atoms with E-state index in [1.165, 1.54) is 6.07 Å². The van der Waals surface area contributed by atoms with Gasteiger partial charge in [0.15, 0.2) is 0 Å². The molecular weight excluding hydrogens is 417 g/mol. The number of fused-ring (bicyclic) bond motifs is 5. The van der Waals surface area contributed by atoms with E-state index in [2.05, 4.69) is 0 Å². The summed E-state index contributed by atoms with van der Waals surface area (Å²) in [6.45, 7) is 4.35. The Hall–Kier alpha value is -2.26. The Balaban J connectivity index is 1.70. The van der Waals surface area contributed by atoms with E-state index in [4.69, 9.17) is 15.5 Å². The highest BCUT2D eigenvalue weighted by Gasteiger charge is 2.39. The van der Waals surface area contributed by atoms with Gasteiger partial charge in [-0.25, -0.2) is 9.37 Å². The van der Waals surface area contributed by atoms with Crippen LogP contribution >= 0.6 is 11.8 Å². The molecule has 3 N–H and O–H groups in total. The molecule has 0 amide bonds. The normalized spacial score (nSPS) is 23.6. The van der Waals surface area contributed by atoms with Crippen LogP contribution in [0.25, 0.3) is 22.3 Å². The van der Waals surface area contributed by atoms with Gasteiger partial charge in [-0.1, -0.05) is 6.92 Å². The average Bonchev–Trinajstić information content (AvgIpc) is 3.12. The van der Waals surface area contributed by atoms with Crippen LogP contribution in [-0.4, -0.2) is 27.0 Å². The SMILES string of the molecule is CC[C@@]1(O)COCc2c1cc1n(c2=O)Cc2c-1nc1cc(F)c(C)c3c1c2C(N)CS3. The molecule has 0 saturated carbocycles. The van der Waals surface area contributed by atoms with Crippen molar-refractivity contribution >= 4 is 22.7 Å². The molecule has 8 heteroatoms. The molecule has 0 bridgehead atoms. The Labute approximate surface area is 182 Å². The zero-order valence-corrected chi connectivity index (χ0v) is 18.1.